The van der Waals surface area contributed by atoms with Gasteiger partial charge in [0.2, 0.25) is 5.88 Å². The predicted molar refractivity (Wildman–Crippen MR) is 103 cm³/mol. The lowest BCUT2D eigenvalue weighted by molar-refractivity contribution is 0.183. The monoisotopic (exact) mass is 377 g/mol. The van der Waals surface area contributed by atoms with Crippen molar-refractivity contribution in [1.29, 1.82) is 0 Å². The number of urea groups is 1. The van der Waals surface area contributed by atoms with E-state index in [0.29, 0.717) is 17.3 Å². The Kier molecular flexibility index (Phi) is 6.69. The SMILES string of the molecule is CCC(C)(COc1ncccc1Cl)NC(=O)Nc1ccc(OC)cc1C. The Morgan fingerprint density at radius 3 is 2.73 bits per heavy atom. The van der Waals surface area contributed by atoms with Gasteiger partial charge in [0, 0.05) is 11.9 Å². The van der Waals surface area contributed by atoms with E-state index in [4.69, 9.17) is 21.1 Å². The van der Waals surface area contributed by atoms with Crippen molar-refractivity contribution in [3.8, 4) is 11.6 Å². The number of nitrogens with one attached hydrogen (secondary N) is 2. The van der Waals surface area contributed by atoms with Crippen LogP contribution in [0.4, 0.5) is 10.5 Å². The van der Waals surface area contributed by atoms with E-state index in [1.807, 2.05) is 26.8 Å². The Balaban J connectivity index is 1.99. The molecule has 1 atom stereocenters. The van der Waals surface area contributed by atoms with E-state index in [-0.39, 0.29) is 12.6 Å². The number of carbonyl (C=O) groups excluding carboxylic acids is 1. The number of pyridine rings is 1. The lowest BCUT2D eigenvalue weighted by atomic mass is 10.0. The van der Waals surface area contributed by atoms with E-state index in [1.165, 1.54) is 0 Å². The highest BCUT2D eigenvalue weighted by atomic mass is 35.5. The van der Waals surface area contributed by atoms with Crippen LogP contribution in [-0.4, -0.2) is 30.3 Å². The molecule has 6 nitrogen and oxygen atoms in total. The van der Waals surface area contributed by atoms with Crippen LogP contribution in [0.5, 0.6) is 11.6 Å². The van der Waals surface area contributed by atoms with Crippen molar-refractivity contribution < 1.29 is 14.3 Å². The van der Waals surface area contributed by atoms with Crippen molar-refractivity contribution in [2.45, 2.75) is 32.7 Å². The van der Waals surface area contributed by atoms with Gasteiger partial charge in [-0.25, -0.2) is 9.78 Å². The van der Waals surface area contributed by atoms with Crippen LogP contribution in [0.3, 0.4) is 0 Å². The Bertz CT molecular complexity index is 769. The Morgan fingerprint density at radius 2 is 2.12 bits per heavy atom. The molecule has 0 radical (unpaired) electrons. The second kappa shape index (κ2) is 8.76. The number of aromatic nitrogens is 1. The topological polar surface area (TPSA) is 72.5 Å². The second-order valence-electron chi connectivity index (χ2n) is 6.25. The fraction of sp³-hybridized carbons (Fsp3) is 0.368. The number of ether oxygens (including phenoxy) is 2. The lowest BCUT2D eigenvalue weighted by Gasteiger charge is -2.29. The van der Waals surface area contributed by atoms with Gasteiger partial charge in [-0.3, -0.25) is 0 Å². The highest BCUT2D eigenvalue weighted by Crippen LogP contribution is 2.23. The molecule has 2 rings (SSSR count). The Labute approximate surface area is 158 Å². The maximum absolute atomic E-state index is 12.4. The summed E-state index contributed by atoms with van der Waals surface area (Å²) in [5.74, 6) is 1.09. The van der Waals surface area contributed by atoms with Gasteiger partial charge in [-0.15, -0.1) is 0 Å². The van der Waals surface area contributed by atoms with E-state index in [1.54, 1.807) is 37.6 Å². The van der Waals surface area contributed by atoms with Gasteiger partial charge in [-0.1, -0.05) is 18.5 Å². The van der Waals surface area contributed by atoms with Crippen molar-refractivity contribution in [1.82, 2.24) is 10.3 Å². The molecule has 0 fully saturated rings. The number of benzene rings is 1. The van der Waals surface area contributed by atoms with E-state index in [0.717, 1.165) is 17.0 Å². The molecule has 0 saturated heterocycles. The molecular weight excluding hydrogens is 354 g/mol. The Morgan fingerprint density at radius 1 is 1.35 bits per heavy atom. The number of halogens is 1. The lowest BCUT2D eigenvalue weighted by Crippen LogP contribution is -2.51. The fourth-order valence-electron chi connectivity index (χ4n) is 2.26. The summed E-state index contributed by atoms with van der Waals surface area (Å²) in [4.78, 5) is 16.5. The number of hydrogen-bond donors (Lipinski definition) is 2. The summed E-state index contributed by atoms with van der Waals surface area (Å²) >= 11 is 6.05. The molecule has 0 spiro atoms. The first-order chi connectivity index (χ1) is 12.4. The van der Waals surface area contributed by atoms with Crippen LogP contribution < -0.4 is 20.1 Å². The maximum atomic E-state index is 12.4. The number of methoxy groups -OCH3 is 1. The van der Waals surface area contributed by atoms with Crippen LogP contribution in [0.15, 0.2) is 36.5 Å². The first-order valence-corrected chi connectivity index (χ1v) is 8.72. The van der Waals surface area contributed by atoms with Crippen molar-refractivity contribution in [2.24, 2.45) is 0 Å². The number of carbonyl (C=O) groups is 1. The molecule has 1 aromatic carbocycles. The summed E-state index contributed by atoms with van der Waals surface area (Å²) < 4.78 is 10.9. The number of aryl methyl sites for hydroxylation is 1. The average Bonchev–Trinajstić information content (AvgIpc) is 2.62. The van der Waals surface area contributed by atoms with Gasteiger partial charge >= 0.3 is 6.03 Å². The number of rotatable bonds is 7. The van der Waals surface area contributed by atoms with Crippen molar-refractivity contribution in [3.63, 3.8) is 0 Å². The minimum absolute atomic E-state index is 0.245. The zero-order chi connectivity index (χ0) is 19.2. The number of nitrogens with zero attached hydrogens (tertiary/aromatic N) is 1. The molecule has 0 bridgehead atoms. The second-order valence-corrected chi connectivity index (χ2v) is 6.66. The fourth-order valence-corrected chi connectivity index (χ4v) is 2.44. The minimum Gasteiger partial charge on any atom is -0.497 e. The summed E-state index contributed by atoms with van der Waals surface area (Å²) in [6, 6.07) is 8.60. The third-order valence-corrected chi connectivity index (χ3v) is 4.42. The van der Waals surface area contributed by atoms with E-state index in [9.17, 15) is 4.79 Å². The molecule has 1 heterocycles. The normalized spacial score (nSPS) is 12.8. The van der Waals surface area contributed by atoms with Crippen LogP contribution in [0.25, 0.3) is 0 Å². The molecule has 2 aromatic rings. The van der Waals surface area contributed by atoms with E-state index < -0.39 is 5.54 Å². The standard InChI is InChI=1S/C19H24ClN3O3/c1-5-19(3,12-26-17-15(20)7-6-10-21-17)23-18(24)22-16-9-8-14(25-4)11-13(16)2/h6-11H,5,12H2,1-4H3,(H2,22,23,24). The van der Waals surface area contributed by atoms with E-state index in [2.05, 4.69) is 15.6 Å². The molecule has 7 heteroatoms. The van der Waals surface area contributed by atoms with Crippen molar-refractivity contribution >= 4 is 23.3 Å². The summed E-state index contributed by atoms with van der Waals surface area (Å²) in [7, 11) is 1.61. The van der Waals surface area contributed by atoms with Gasteiger partial charge in [0.15, 0.2) is 0 Å². The molecule has 140 valence electrons. The molecule has 2 amide bonds. The zero-order valence-corrected chi connectivity index (χ0v) is 16.2. The van der Waals surface area contributed by atoms with Crippen LogP contribution in [0.2, 0.25) is 5.02 Å². The van der Waals surface area contributed by atoms with Gasteiger partial charge in [-0.2, -0.15) is 0 Å². The van der Waals surface area contributed by atoms with Crippen molar-refractivity contribution in [2.75, 3.05) is 19.0 Å². The summed E-state index contributed by atoms with van der Waals surface area (Å²) in [5, 5.41) is 6.25. The molecule has 2 N–H and O–H groups in total. The van der Waals surface area contributed by atoms with Crippen LogP contribution in [-0.2, 0) is 0 Å². The molecule has 0 saturated carbocycles. The molecule has 1 unspecified atom stereocenters. The highest BCUT2D eigenvalue weighted by Gasteiger charge is 2.26. The third-order valence-electron chi connectivity index (χ3n) is 4.13. The third kappa shape index (κ3) is 5.26. The molecule has 0 aliphatic heterocycles. The maximum Gasteiger partial charge on any atom is 0.319 e. The van der Waals surface area contributed by atoms with Gasteiger partial charge in [0.25, 0.3) is 0 Å². The van der Waals surface area contributed by atoms with Gasteiger partial charge in [0.05, 0.1) is 12.6 Å². The van der Waals surface area contributed by atoms with Gasteiger partial charge in [0.1, 0.15) is 17.4 Å². The molecule has 0 aliphatic carbocycles. The van der Waals surface area contributed by atoms with Crippen LogP contribution in [0, 0.1) is 6.92 Å². The molecular formula is C19H24ClN3O3. The minimum atomic E-state index is -0.578. The smallest absolute Gasteiger partial charge is 0.319 e. The molecule has 26 heavy (non-hydrogen) atoms. The van der Waals surface area contributed by atoms with E-state index >= 15 is 0 Å². The quantitative estimate of drug-likeness (QED) is 0.749. The highest BCUT2D eigenvalue weighted by molar-refractivity contribution is 6.31. The zero-order valence-electron chi connectivity index (χ0n) is 15.4. The van der Waals surface area contributed by atoms with Gasteiger partial charge in [-0.05, 0) is 56.2 Å². The number of hydrogen-bond acceptors (Lipinski definition) is 4. The largest absolute Gasteiger partial charge is 0.497 e. The summed E-state index contributed by atoms with van der Waals surface area (Å²) in [6.07, 6.45) is 2.28. The first kappa shape index (κ1) is 19.8. The molecule has 0 aliphatic rings. The predicted octanol–water partition coefficient (Wildman–Crippen LogP) is 4.42. The van der Waals surface area contributed by atoms with Crippen molar-refractivity contribution in [3.05, 3.63) is 47.1 Å². The summed E-state index contributed by atoms with van der Waals surface area (Å²) in [5.41, 5.74) is 1.05. The number of anilines is 1. The van der Waals surface area contributed by atoms with Gasteiger partial charge < -0.3 is 20.1 Å². The molecule has 1 aromatic heterocycles. The number of amides is 2. The average molecular weight is 378 g/mol. The first-order valence-electron chi connectivity index (χ1n) is 8.34. The van der Waals surface area contributed by atoms with Crippen LogP contribution in [0.1, 0.15) is 25.8 Å². The summed E-state index contributed by atoms with van der Waals surface area (Å²) in [6.45, 7) is 6.03. The Hall–Kier alpha value is -2.47. The van der Waals surface area contributed by atoms with Crippen LogP contribution >= 0.6 is 11.6 Å².